The lowest BCUT2D eigenvalue weighted by atomic mass is 10.1. The molecule has 0 amide bonds. The predicted octanol–water partition coefficient (Wildman–Crippen LogP) is 2.23. The number of rotatable bonds is 8. The van der Waals surface area contributed by atoms with Crippen molar-refractivity contribution >= 4 is 10.0 Å². The van der Waals surface area contributed by atoms with Crippen molar-refractivity contribution in [3.05, 3.63) is 48.0 Å². The molecule has 0 bridgehead atoms. The van der Waals surface area contributed by atoms with Gasteiger partial charge in [-0.25, -0.2) is 13.1 Å². The van der Waals surface area contributed by atoms with Gasteiger partial charge in [0, 0.05) is 12.6 Å². The Morgan fingerprint density at radius 3 is 2.33 bits per heavy atom. The SMILES string of the molecule is COc1cccc(CCNS(=O)(=O)c2ccc(OC)c(OC)c2)c1. The molecule has 0 fully saturated rings. The summed E-state index contributed by atoms with van der Waals surface area (Å²) in [5.41, 5.74) is 0.990. The molecule has 0 unspecified atom stereocenters. The lowest BCUT2D eigenvalue weighted by molar-refractivity contribution is 0.354. The first-order valence-corrected chi connectivity index (χ1v) is 8.83. The molecule has 0 saturated heterocycles. The van der Waals surface area contributed by atoms with Crippen molar-refractivity contribution in [2.24, 2.45) is 0 Å². The molecular formula is C17H21NO5S. The van der Waals surface area contributed by atoms with Crippen LogP contribution in [0.3, 0.4) is 0 Å². The molecule has 0 radical (unpaired) electrons. The average Bonchev–Trinajstić information content (AvgIpc) is 2.61. The molecule has 0 aliphatic rings. The van der Waals surface area contributed by atoms with Crippen LogP contribution in [0.15, 0.2) is 47.4 Å². The van der Waals surface area contributed by atoms with Crippen LogP contribution < -0.4 is 18.9 Å². The molecule has 0 saturated carbocycles. The minimum Gasteiger partial charge on any atom is -0.497 e. The molecule has 2 aromatic carbocycles. The molecule has 6 nitrogen and oxygen atoms in total. The highest BCUT2D eigenvalue weighted by molar-refractivity contribution is 7.89. The first-order chi connectivity index (χ1) is 11.5. The Morgan fingerprint density at radius 2 is 1.67 bits per heavy atom. The van der Waals surface area contributed by atoms with E-state index in [2.05, 4.69) is 4.72 Å². The van der Waals surface area contributed by atoms with Gasteiger partial charge in [-0.3, -0.25) is 0 Å². The summed E-state index contributed by atoms with van der Waals surface area (Å²) in [7, 11) is 0.937. The third-order valence-electron chi connectivity index (χ3n) is 3.51. The predicted molar refractivity (Wildman–Crippen MR) is 91.4 cm³/mol. The highest BCUT2D eigenvalue weighted by Crippen LogP contribution is 2.29. The van der Waals surface area contributed by atoms with Crippen LogP contribution in [0.1, 0.15) is 5.56 Å². The van der Waals surface area contributed by atoms with Gasteiger partial charge in [-0.1, -0.05) is 12.1 Å². The molecule has 1 N–H and O–H groups in total. The van der Waals surface area contributed by atoms with Crippen molar-refractivity contribution < 1.29 is 22.6 Å². The summed E-state index contributed by atoms with van der Waals surface area (Å²) in [5.74, 6) is 1.59. The number of sulfonamides is 1. The van der Waals surface area contributed by atoms with E-state index in [1.165, 1.54) is 26.4 Å². The Hall–Kier alpha value is -2.25. The number of benzene rings is 2. The Morgan fingerprint density at radius 1 is 0.917 bits per heavy atom. The Balaban J connectivity index is 2.05. The van der Waals surface area contributed by atoms with Crippen LogP contribution in [0.5, 0.6) is 17.2 Å². The molecule has 2 rings (SSSR count). The molecule has 0 heterocycles. The van der Waals surface area contributed by atoms with Crippen molar-refractivity contribution in [3.63, 3.8) is 0 Å². The summed E-state index contributed by atoms with van der Waals surface area (Å²) in [6, 6.07) is 12.0. The number of methoxy groups -OCH3 is 3. The van der Waals surface area contributed by atoms with Crippen molar-refractivity contribution in [1.29, 1.82) is 0 Å². The average molecular weight is 351 g/mol. The van der Waals surface area contributed by atoms with E-state index in [0.29, 0.717) is 17.9 Å². The third-order valence-corrected chi connectivity index (χ3v) is 4.96. The normalized spacial score (nSPS) is 11.1. The minimum atomic E-state index is -3.62. The highest BCUT2D eigenvalue weighted by atomic mass is 32.2. The molecule has 2 aromatic rings. The Bertz CT molecular complexity index is 789. The second-order valence-electron chi connectivity index (χ2n) is 5.02. The van der Waals surface area contributed by atoms with Gasteiger partial charge in [0.15, 0.2) is 11.5 Å². The van der Waals surface area contributed by atoms with Gasteiger partial charge in [-0.2, -0.15) is 0 Å². The van der Waals surface area contributed by atoms with Crippen molar-refractivity contribution in [1.82, 2.24) is 4.72 Å². The van der Waals surface area contributed by atoms with E-state index in [-0.39, 0.29) is 11.4 Å². The van der Waals surface area contributed by atoms with Crippen LogP contribution in [-0.4, -0.2) is 36.3 Å². The van der Waals surface area contributed by atoms with E-state index in [1.807, 2.05) is 24.3 Å². The van der Waals surface area contributed by atoms with Gasteiger partial charge in [0.1, 0.15) is 5.75 Å². The van der Waals surface area contributed by atoms with E-state index in [0.717, 1.165) is 11.3 Å². The first-order valence-electron chi connectivity index (χ1n) is 7.35. The monoisotopic (exact) mass is 351 g/mol. The molecule has 130 valence electrons. The van der Waals surface area contributed by atoms with Crippen LogP contribution in [-0.2, 0) is 16.4 Å². The van der Waals surface area contributed by atoms with Crippen molar-refractivity contribution in [3.8, 4) is 17.2 Å². The highest BCUT2D eigenvalue weighted by Gasteiger charge is 2.16. The molecule has 7 heteroatoms. The molecule has 0 aliphatic heterocycles. The summed E-state index contributed by atoms with van der Waals surface area (Å²) in [4.78, 5) is 0.130. The second-order valence-corrected chi connectivity index (χ2v) is 6.78. The fourth-order valence-electron chi connectivity index (χ4n) is 2.22. The number of ether oxygens (including phenoxy) is 3. The fourth-order valence-corrected chi connectivity index (χ4v) is 3.27. The van der Waals surface area contributed by atoms with Gasteiger partial charge in [0.25, 0.3) is 0 Å². The molecule has 0 atom stereocenters. The third kappa shape index (κ3) is 4.39. The van der Waals surface area contributed by atoms with Gasteiger partial charge >= 0.3 is 0 Å². The minimum absolute atomic E-state index is 0.130. The molecule has 24 heavy (non-hydrogen) atoms. The zero-order valence-corrected chi connectivity index (χ0v) is 14.7. The maximum Gasteiger partial charge on any atom is 0.240 e. The number of hydrogen-bond donors (Lipinski definition) is 1. The summed E-state index contributed by atoms with van der Waals surface area (Å²) >= 11 is 0. The van der Waals surface area contributed by atoms with Gasteiger partial charge in [-0.15, -0.1) is 0 Å². The quantitative estimate of drug-likeness (QED) is 0.789. The summed E-state index contributed by atoms with van der Waals surface area (Å²) in [6.45, 7) is 0.282. The van der Waals surface area contributed by atoms with E-state index < -0.39 is 10.0 Å². The van der Waals surface area contributed by atoms with Crippen LogP contribution in [0, 0.1) is 0 Å². The topological polar surface area (TPSA) is 73.9 Å². The standard InChI is InChI=1S/C17H21NO5S/c1-21-14-6-4-5-13(11-14)9-10-18-24(19,20)15-7-8-16(22-2)17(12-15)23-3/h4-8,11-12,18H,9-10H2,1-3H3. The summed E-state index contributed by atoms with van der Waals surface area (Å²) in [6.07, 6.45) is 0.559. The van der Waals surface area contributed by atoms with E-state index in [1.54, 1.807) is 13.2 Å². The smallest absolute Gasteiger partial charge is 0.240 e. The van der Waals surface area contributed by atoms with Crippen LogP contribution in [0.2, 0.25) is 0 Å². The lowest BCUT2D eigenvalue weighted by Gasteiger charge is -2.11. The number of nitrogens with one attached hydrogen (secondary N) is 1. The van der Waals surface area contributed by atoms with Gasteiger partial charge in [0.05, 0.1) is 26.2 Å². The number of hydrogen-bond acceptors (Lipinski definition) is 5. The molecule has 0 aromatic heterocycles. The fraction of sp³-hybridized carbons (Fsp3) is 0.294. The zero-order chi connectivity index (χ0) is 17.6. The van der Waals surface area contributed by atoms with Gasteiger partial charge in [-0.05, 0) is 36.2 Å². The van der Waals surface area contributed by atoms with Gasteiger partial charge in [0.2, 0.25) is 10.0 Å². The molecule has 0 aliphatic carbocycles. The summed E-state index contributed by atoms with van der Waals surface area (Å²) in [5, 5.41) is 0. The second kappa shape index (κ2) is 8.03. The largest absolute Gasteiger partial charge is 0.497 e. The van der Waals surface area contributed by atoms with Crippen LogP contribution in [0.25, 0.3) is 0 Å². The first kappa shape index (κ1) is 18.1. The van der Waals surface area contributed by atoms with Crippen LogP contribution in [0.4, 0.5) is 0 Å². The molecule has 0 spiro atoms. The lowest BCUT2D eigenvalue weighted by Crippen LogP contribution is -2.26. The van der Waals surface area contributed by atoms with E-state index in [4.69, 9.17) is 14.2 Å². The maximum atomic E-state index is 12.4. The zero-order valence-electron chi connectivity index (χ0n) is 13.9. The van der Waals surface area contributed by atoms with Crippen LogP contribution >= 0.6 is 0 Å². The van der Waals surface area contributed by atoms with E-state index in [9.17, 15) is 8.42 Å². The van der Waals surface area contributed by atoms with Gasteiger partial charge < -0.3 is 14.2 Å². The Labute approximate surface area is 142 Å². The maximum absolute atomic E-state index is 12.4. The molecular weight excluding hydrogens is 330 g/mol. The van der Waals surface area contributed by atoms with Crippen molar-refractivity contribution in [2.75, 3.05) is 27.9 Å². The Kier molecular flexibility index (Phi) is 6.05. The van der Waals surface area contributed by atoms with E-state index >= 15 is 0 Å². The van der Waals surface area contributed by atoms with Crippen molar-refractivity contribution in [2.45, 2.75) is 11.3 Å². The summed E-state index contributed by atoms with van der Waals surface area (Å²) < 4.78 is 42.8.